The standard InChI is InChI=1S/C16H11F5N2O4S/c17-15(18)27-11-4-2-10(3-5-11)22-14(24)8-28-13-6-1-9(16(19,20)21)7-12(13)23(25)26/h1-7,15H,8H2,(H,22,24). The highest BCUT2D eigenvalue weighted by Crippen LogP contribution is 2.36. The summed E-state index contributed by atoms with van der Waals surface area (Å²) in [5.74, 6) is -1.02. The average molecular weight is 422 g/mol. The van der Waals surface area contributed by atoms with Gasteiger partial charge >= 0.3 is 12.8 Å². The van der Waals surface area contributed by atoms with Gasteiger partial charge in [0.25, 0.3) is 5.69 Å². The molecule has 0 spiro atoms. The quantitative estimate of drug-likeness (QED) is 0.296. The molecule has 2 rings (SSSR count). The van der Waals surface area contributed by atoms with Crippen molar-refractivity contribution in [3.8, 4) is 5.75 Å². The van der Waals surface area contributed by atoms with Crippen molar-refractivity contribution < 1.29 is 36.4 Å². The van der Waals surface area contributed by atoms with Gasteiger partial charge in [0.15, 0.2) is 0 Å². The van der Waals surface area contributed by atoms with E-state index < -0.39 is 34.9 Å². The minimum Gasteiger partial charge on any atom is -0.435 e. The number of rotatable bonds is 7. The van der Waals surface area contributed by atoms with E-state index in [1.807, 2.05) is 0 Å². The number of carbonyl (C=O) groups excluding carboxylic acids is 1. The Hall–Kier alpha value is -2.89. The minimum atomic E-state index is -4.73. The molecule has 2 aromatic carbocycles. The van der Waals surface area contributed by atoms with Gasteiger partial charge in [0.05, 0.1) is 21.1 Å². The van der Waals surface area contributed by atoms with E-state index in [4.69, 9.17) is 0 Å². The van der Waals surface area contributed by atoms with Crippen LogP contribution in [0, 0.1) is 10.1 Å². The number of nitro groups is 1. The fourth-order valence-electron chi connectivity index (χ4n) is 2.02. The van der Waals surface area contributed by atoms with Crippen LogP contribution in [0.5, 0.6) is 5.75 Å². The number of halogens is 5. The summed E-state index contributed by atoms with van der Waals surface area (Å²) in [6.45, 7) is -2.99. The van der Waals surface area contributed by atoms with Crippen LogP contribution < -0.4 is 10.1 Å². The zero-order chi connectivity index (χ0) is 20.9. The number of carbonyl (C=O) groups is 1. The fourth-order valence-corrected chi connectivity index (χ4v) is 2.82. The molecule has 2 aromatic rings. The maximum absolute atomic E-state index is 12.7. The van der Waals surface area contributed by atoms with Crippen molar-refractivity contribution in [3.05, 3.63) is 58.1 Å². The summed E-state index contributed by atoms with van der Waals surface area (Å²) in [5.41, 5.74) is -1.67. The summed E-state index contributed by atoms with van der Waals surface area (Å²) in [7, 11) is 0. The van der Waals surface area contributed by atoms with Crippen LogP contribution in [0.3, 0.4) is 0 Å². The van der Waals surface area contributed by atoms with Gasteiger partial charge in [0.2, 0.25) is 5.91 Å². The topological polar surface area (TPSA) is 81.5 Å². The van der Waals surface area contributed by atoms with Gasteiger partial charge in [-0.05, 0) is 36.4 Å². The summed E-state index contributed by atoms with van der Waals surface area (Å²) in [5, 5.41) is 13.4. The molecule has 0 radical (unpaired) electrons. The predicted molar refractivity (Wildman–Crippen MR) is 90.5 cm³/mol. The molecule has 0 atom stereocenters. The molecule has 0 fully saturated rings. The molecule has 1 amide bonds. The number of alkyl halides is 5. The summed E-state index contributed by atoms with van der Waals surface area (Å²) in [6.07, 6.45) is -4.73. The smallest absolute Gasteiger partial charge is 0.416 e. The van der Waals surface area contributed by atoms with Crippen LogP contribution >= 0.6 is 11.8 Å². The van der Waals surface area contributed by atoms with Crippen molar-refractivity contribution in [3.63, 3.8) is 0 Å². The summed E-state index contributed by atoms with van der Waals surface area (Å²) in [4.78, 5) is 21.9. The Bertz CT molecular complexity index is 859. The Morgan fingerprint density at radius 3 is 2.36 bits per heavy atom. The Morgan fingerprint density at radius 2 is 1.82 bits per heavy atom. The van der Waals surface area contributed by atoms with Crippen LogP contribution in [-0.2, 0) is 11.0 Å². The number of amides is 1. The Morgan fingerprint density at radius 1 is 1.18 bits per heavy atom. The van der Waals surface area contributed by atoms with E-state index in [9.17, 15) is 36.9 Å². The van der Waals surface area contributed by atoms with E-state index in [1.165, 1.54) is 24.3 Å². The van der Waals surface area contributed by atoms with Gasteiger partial charge in [0.1, 0.15) is 5.75 Å². The summed E-state index contributed by atoms with van der Waals surface area (Å²) < 4.78 is 66.3. The number of benzene rings is 2. The molecule has 0 unspecified atom stereocenters. The van der Waals surface area contributed by atoms with Crippen LogP contribution in [0.2, 0.25) is 0 Å². The molecule has 28 heavy (non-hydrogen) atoms. The molecule has 0 aromatic heterocycles. The second-order valence-corrected chi connectivity index (χ2v) is 6.19. The second kappa shape index (κ2) is 8.87. The van der Waals surface area contributed by atoms with Gasteiger partial charge in [-0.25, -0.2) is 0 Å². The van der Waals surface area contributed by atoms with Gasteiger partial charge < -0.3 is 10.1 Å². The van der Waals surface area contributed by atoms with Crippen LogP contribution in [0.1, 0.15) is 5.56 Å². The third-order valence-corrected chi connectivity index (χ3v) is 4.27. The van der Waals surface area contributed by atoms with Crippen LogP contribution in [0.25, 0.3) is 0 Å². The number of nitrogens with zero attached hydrogens (tertiary/aromatic N) is 1. The van der Waals surface area contributed by atoms with Crippen LogP contribution in [-0.4, -0.2) is 23.2 Å². The number of nitrogens with one attached hydrogen (secondary N) is 1. The molecule has 0 saturated carbocycles. The zero-order valence-corrected chi connectivity index (χ0v) is 14.5. The molecular formula is C16H11F5N2O4S. The third-order valence-electron chi connectivity index (χ3n) is 3.20. The van der Waals surface area contributed by atoms with Crippen LogP contribution in [0.4, 0.5) is 33.3 Å². The maximum atomic E-state index is 12.7. The van der Waals surface area contributed by atoms with E-state index in [2.05, 4.69) is 10.1 Å². The molecule has 0 aliphatic rings. The first-order valence-corrected chi connectivity index (χ1v) is 8.38. The Balaban J connectivity index is 2.01. The largest absolute Gasteiger partial charge is 0.435 e. The van der Waals surface area contributed by atoms with Gasteiger partial charge in [-0.3, -0.25) is 14.9 Å². The lowest BCUT2D eigenvalue weighted by Crippen LogP contribution is -2.14. The van der Waals surface area contributed by atoms with E-state index >= 15 is 0 Å². The first-order chi connectivity index (χ1) is 13.1. The molecule has 0 bridgehead atoms. The maximum Gasteiger partial charge on any atom is 0.416 e. The lowest BCUT2D eigenvalue weighted by molar-refractivity contribution is -0.388. The van der Waals surface area contributed by atoms with E-state index in [1.54, 1.807) is 0 Å². The average Bonchev–Trinajstić information content (AvgIpc) is 2.60. The molecule has 0 aliphatic heterocycles. The van der Waals surface area contributed by atoms with E-state index in [0.717, 1.165) is 6.07 Å². The van der Waals surface area contributed by atoms with E-state index in [-0.39, 0.29) is 22.1 Å². The summed E-state index contributed by atoms with van der Waals surface area (Å²) in [6, 6.07) is 7.04. The highest BCUT2D eigenvalue weighted by molar-refractivity contribution is 8.00. The SMILES string of the molecule is O=C(CSc1ccc(C(F)(F)F)cc1[N+](=O)[O-])Nc1ccc(OC(F)F)cc1. The normalized spacial score (nSPS) is 11.4. The van der Waals surface area contributed by atoms with Crippen molar-refractivity contribution in [2.75, 3.05) is 11.1 Å². The van der Waals surface area contributed by atoms with E-state index in [0.29, 0.717) is 23.9 Å². The van der Waals surface area contributed by atoms with Gasteiger partial charge in [0, 0.05) is 11.8 Å². The Kier molecular flexibility index (Phi) is 6.78. The number of thioether (sulfide) groups is 1. The second-order valence-electron chi connectivity index (χ2n) is 5.18. The number of hydrogen-bond acceptors (Lipinski definition) is 5. The molecule has 0 aliphatic carbocycles. The van der Waals surface area contributed by atoms with Gasteiger partial charge in [-0.15, -0.1) is 11.8 Å². The van der Waals surface area contributed by atoms with Crippen molar-refractivity contribution >= 4 is 29.0 Å². The monoisotopic (exact) mass is 422 g/mol. The lowest BCUT2D eigenvalue weighted by atomic mass is 10.2. The molecule has 12 heteroatoms. The van der Waals surface area contributed by atoms with Crippen molar-refractivity contribution in [1.82, 2.24) is 0 Å². The Labute approximate surface area is 158 Å². The number of nitro benzene ring substituents is 1. The molecule has 0 saturated heterocycles. The molecular weight excluding hydrogens is 411 g/mol. The highest BCUT2D eigenvalue weighted by Gasteiger charge is 2.33. The first kappa shape index (κ1) is 21.4. The third kappa shape index (κ3) is 6.08. The predicted octanol–water partition coefficient (Wildman–Crippen LogP) is 4.95. The number of ether oxygens (including phenoxy) is 1. The first-order valence-electron chi connectivity index (χ1n) is 7.39. The molecule has 150 valence electrons. The molecule has 1 N–H and O–H groups in total. The van der Waals surface area contributed by atoms with Crippen LogP contribution in [0.15, 0.2) is 47.4 Å². The minimum absolute atomic E-state index is 0.103. The van der Waals surface area contributed by atoms with Crippen molar-refractivity contribution in [1.29, 1.82) is 0 Å². The molecule has 0 heterocycles. The summed E-state index contributed by atoms with van der Waals surface area (Å²) >= 11 is 0.689. The number of hydrogen-bond donors (Lipinski definition) is 1. The van der Waals surface area contributed by atoms with Crippen molar-refractivity contribution in [2.24, 2.45) is 0 Å². The van der Waals surface area contributed by atoms with Gasteiger partial charge in [-0.1, -0.05) is 0 Å². The van der Waals surface area contributed by atoms with Crippen molar-refractivity contribution in [2.45, 2.75) is 17.7 Å². The highest BCUT2D eigenvalue weighted by atomic mass is 32.2. The lowest BCUT2D eigenvalue weighted by Gasteiger charge is -2.09. The zero-order valence-electron chi connectivity index (χ0n) is 13.7. The van der Waals surface area contributed by atoms with Gasteiger partial charge in [-0.2, -0.15) is 22.0 Å². The number of anilines is 1. The molecule has 6 nitrogen and oxygen atoms in total. The fraction of sp³-hybridized carbons (Fsp3) is 0.188.